The zero-order valence-electron chi connectivity index (χ0n) is 19.2. The van der Waals surface area contributed by atoms with Crippen LogP contribution >= 0.6 is 23.7 Å². The molecule has 0 atom stereocenters. The van der Waals surface area contributed by atoms with Gasteiger partial charge in [0.2, 0.25) is 0 Å². The second-order valence-corrected chi connectivity index (χ2v) is 9.54. The predicted octanol–water partition coefficient (Wildman–Crippen LogP) is 4.93. The number of amides is 1. The largest absolute Gasteiger partial charge is 0.494 e. The molecule has 0 unspecified atom stereocenters. The monoisotopic (exact) mass is 485 g/mol. The number of halogens is 1. The third-order valence-electron chi connectivity index (χ3n) is 6.70. The summed E-state index contributed by atoms with van der Waals surface area (Å²) in [4.78, 5) is 19.5. The van der Waals surface area contributed by atoms with Gasteiger partial charge in [-0.05, 0) is 61.0 Å². The van der Waals surface area contributed by atoms with Crippen LogP contribution in [0.15, 0.2) is 47.8 Å². The molecule has 5 nitrogen and oxygen atoms in total. The fraction of sp³-hybridized carbons (Fsp3) is 0.423. The summed E-state index contributed by atoms with van der Waals surface area (Å²) in [6.07, 6.45) is 1.92. The van der Waals surface area contributed by atoms with Gasteiger partial charge < -0.3 is 14.5 Å². The van der Waals surface area contributed by atoms with Gasteiger partial charge in [0.25, 0.3) is 5.91 Å². The molecule has 1 amide bonds. The van der Waals surface area contributed by atoms with Gasteiger partial charge in [-0.2, -0.15) is 0 Å². The normalized spacial score (nSPS) is 16.6. The average Bonchev–Trinajstić information content (AvgIpc) is 3.32. The lowest BCUT2D eigenvalue weighted by Gasteiger charge is -2.36. The summed E-state index contributed by atoms with van der Waals surface area (Å²) in [5.74, 6) is 0.943. The van der Waals surface area contributed by atoms with Crippen molar-refractivity contribution in [2.75, 3.05) is 57.3 Å². The standard InChI is InChI=1S/C26H31N3O2S.ClH/c1-2-28-12-9-20-7-8-21(19-23(20)26(28)30)31-17-4-11-27-13-15-29(16-14-27)24-5-3-6-25-22(24)10-18-32-25;/h3,5-8,10,18-19H,2,4,9,11-17H2,1H3;1H. The Bertz CT molecular complexity index is 1090. The number of carbonyl (C=O) groups is 1. The molecule has 176 valence electrons. The van der Waals surface area contributed by atoms with Gasteiger partial charge in [0.15, 0.2) is 0 Å². The van der Waals surface area contributed by atoms with Crippen LogP contribution in [0.2, 0.25) is 0 Å². The Morgan fingerprint density at radius 1 is 1.03 bits per heavy atom. The van der Waals surface area contributed by atoms with E-state index in [1.54, 1.807) is 0 Å². The maximum absolute atomic E-state index is 12.6. The van der Waals surface area contributed by atoms with E-state index in [9.17, 15) is 4.79 Å². The van der Waals surface area contributed by atoms with Crippen LogP contribution in [0.3, 0.4) is 0 Å². The minimum absolute atomic E-state index is 0. The molecule has 33 heavy (non-hydrogen) atoms. The summed E-state index contributed by atoms with van der Waals surface area (Å²) in [5, 5.41) is 3.56. The van der Waals surface area contributed by atoms with E-state index in [1.807, 2.05) is 35.3 Å². The highest BCUT2D eigenvalue weighted by atomic mass is 35.5. The molecule has 2 aliphatic heterocycles. The van der Waals surface area contributed by atoms with Gasteiger partial charge in [-0.15, -0.1) is 23.7 Å². The number of piperazine rings is 1. The molecule has 0 radical (unpaired) electrons. The van der Waals surface area contributed by atoms with Crippen LogP contribution < -0.4 is 9.64 Å². The molecular weight excluding hydrogens is 454 g/mol. The Balaban J connectivity index is 0.00000259. The number of anilines is 1. The molecule has 2 aliphatic rings. The van der Waals surface area contributed by atoms with Crippen LogP contribution in [-0.2, 0) is 6.42 Å². The van der Waals surface area contributed by atoms with E-state index in [0.29, 0.717) is 6.61 Å². The molecule has 2 aromatic carbocycles. The first kappa shape index (κ1) is 23.9. The van der Waals surface area contributed by atoms with Crippen molar-refractivity contribution in [2.24, 2.45) is 0 Å². The van der Waals surface area contributed by atoms with Crippen molar-refractivity contribution in [3.05, 3.63) is 59.0 Å². The molecule has 1 saturated heterocycles. The van der Waals surface area contributed by atoms with Crippen molar-refractivity contribution in [1.29, 1.82) is 0 Å². The molecule has 1 fully saturated rings. The lowest BCUT2D eigenvalue weighted by atomic mass is 9.99. The Kier molecular flexibility index (Phi) is 7.78. The fourth-order valence-corrected chi connectivity index (χ4v) is 5.64. The molecule has 0 saturated carbocycles. The maximum Gasteiger partial charge on any atom is 0.254 e. The molecular formula is C26H32ClN3O2S. The highest BCUT2D eigenvalue weighted by Gasteiger charge is 2.23. The van der Waals surface area contributed by atoms with E-state index in [0.717, 1.165) is 75.5 Å². The fourth-order valence-electron chi connectivity index (χ4n) is 4.84. The van der Waals surface area contributed by atoms with Crippen molar-refractivity contribution in [3.8, 4) is 5.75 Å². The van der Waals surface area contributed by atoms with Crippen molar-refractivity contribution >= 4 is 45.4 Å². The molecule has 7 heteroatoms. The van der Waals surface area contributed by atoms with Gasteiger partial charge in [-0.1, -0.05) is 12.1 Å². The minimum Gasteiger partial charge on any atom is -0.494 e. The number of hydrogen-bond donors (Lipinski definition) is 0. The van der Waals surface area contributed by atoms with Gasteiger partial charge >= 0.3 is 0 Å². The number of ether oxygens (including phenoxy) is 1. The van der Waals surface area contributed by atoms with Crippen molar-refractivity contribution in [2.45, 2.75) is 19.8 Å². The molecule has 0 aliphatic carbocycles. The Labute approximate surface area is 206 Å². The first-order chi connectivity index (χ1) is 15.7. The Hall–Kier alpha value is -2.28. The molecule has 0 bridgehead atoms. The number of hydrogen-bond acceptors (Lipinski definition) is 5. The topological polar surface area (TPSA) is 36.0 Å². The third kappa shape index (κ3) is 5.13. The van der Waals surface area contributed by atoms with E-state index < -0.39 is 0 Å². The molecule has 5 rings (SSSR count). The quantitative estimate of drug-likeness (QED) is 0.444. The summed E-state index contributed by atoms with van der Waals surface area (Å²) in [6, 6.07) is 14.9. The number of likely N-dealkylation sites (N-methyl/N-ethyl adjacent to an activating group) is 1. The summed E-state index contributed by atoms with van der Waals surface area (Å²) < 4.78 is 7.37. The second-order valence-electron chi connectivity index (χ2n) is 8.59. The van der Waals surface area contributed by atoms with Crippen LogP contribution in [-0.4, -0.2) is 68.1 Å². The van der Waals surface area contributed by atoms with Crippen molar-refractivity contribution in [1.82, 2.24) is 9.80 Å². The van der Waals surface area contributed by atoms with Crippen LogP contribution in [0.25, 0.3) is 10.1 Å². The summed E-state index contributed by atoms with van der Waals surface area (Å²) >= 11 is 1.81. The first-order valence-corrected chi connectivity index (χ1v) is 12.6. The van der Waals surface area contributed by atoms with Crippen LogP contribution in [0, 0.1) is 0 Å². The van der Waals surface area contributed by atoms with Gasteiger partial charge in [0.1, 0.15) is 5.75 Å². The average molecular weight is 486 g/mol. The number of nitrogens with zero attached hydrogens (tertiary/aromatic N) is 3. The predicted molar refractivity (Wildman–Crippen MR) is 140 cm³/mol. The SMILES string of the molecule is CCN1CCc2ccc(OCCCN3CCN(c4cccc5sccc45)CC3)cc2C1=O.Cl. The molecule has 3 heterocycles. The lowest BCUT2D eigenvalue weighted by Crippen LogP contribution is -2.46. The van der Waals surface area contributed by atoms with Crippen LogP contribution in [0.4, 0.5) is 5.69 Å². The van der Waals surface area contributed by atoms with Crippen LogP contribution in [0.1, 0.15) is 29.3 Å². The Morgan fingerprint density at radius 2 is 1.88 bits per heavy atom. The molecule has 1 aromatic heterocycles. The zero-order valence-corrected chi connectivity index (χ0v) is 20.8. The highest BCUT2D eigenvalue weighted by molar-refractivity contribution is 7.17. The van der Waals surface area contributed by atoms with E-state index in [-0.39, 0.29) is 18.3 Å². The smallest absolute Gasteiger partial charge is 0.254 e. The van der Waals surface area contributed by atoms with Gasteiger partial charge in [0.05, 0.1) is 6.61 Å². The van der Waals surface area contributed by atoms with Gasteiger partial charge in [-0.3, -0.25) is 9.69 Å². The maximum atomic E-state index is 12.6. The van der Waals surface area contributed by atoms with Gasteiger partial charge in [-0.25, -0.2) is 0 Å². The number of thiophene rings is 1. The second kappa shape index (κ2) is 10.8. The van der Waals surface area contributed by atoms with E-state index >= 15 is 0 Å². The van der Waals surface area contributed by atoms with Crippen molar-refractivity contribution in [3.63, 3.8) is 0 Å². The molecule has 0 spiro atoms. The van der Waals surface area contributed by atoms with E-state index in [1.165, 1.54) is 15.8 Å². The highest BCUT2D eigenvalue weighted by Crippen LogP contribution is 2.31. The third-order valence-corrected chi connectivity index (χ3v) is 7.59. The zero-order chi connectivity index (χ0) is 21.9. The van der Waals surface area contributed by atoms with Crippen LogP contribution in [0.5, 0.6) is 5.75 Å². The summed E-state index contributed by atoms with van der Waals surface area (Å²) in [7, 11) is 0. The lowest BCUT2D eigenvalue weighted by molar-refractivity contribution is 0.0748. The minimum atomic E-state index is 0. The number of fused-ring (bicyclic) bond motifs is 2. The first-order valence-electron chi connectivity index (χ1n) is 11.7. The Morgan fingerprint density at radius 3 is 2.70 bits per heavy atom. The van der Waals surface area contributed by atoms with E-state index in [4.69, 9.17) is 4.74 Å². The number of rotatable bonds is 7. The van der Waals surface area contributed by atoms with Gasteiger partial charge in [0, 0.05) is 67.2 Å². The van der Waals surface area contributed by atoms with Crippen molar-refractivity contribution < 1.29 is 9.53 Å². The van der Waals surface area contributed by atoms with E-state index in [2.05, 4.69) is 45.5 Å². The number of benzene rings is 2. The summed E-state index contributed by atoms with van der Waals surface area (Å²) in [5.41, 5.74) is 3.32. The molecule has 3 aromatic rings. The summed E-state index contributed by atoms with van der Waals surface area (Å²) in [6.45, 7) is 9.64. The number of carbonyl (C=O) groups excluding carboxylic acids is 1. The molecule has 0 N–H and O–H groups in total.